The number of ether oxygens (including phenoxy) is 1. The fourth-order valence-corrected chi connectivity index (χ4v) is 2.05. The van der Waals surface area contributed by atoms with Crippen LogP contribution in [-0.4, -0.2) is 32.3 Å². The average Bonchev–Trinajstić information content (AvgIpc) is 2.28. The van der Waals surface area contributed by atoms with Crippen molar-refractivity contribution < 1.29 is 17.9 Å². The Labute approximate surface area is 108 Å². The van der Waals surface area contributed by atoms with Gasteiger partial charge in [-0.2, -0.15) is 0 Å². The van der Waals surface area contributed by atoms with Gasteiger partial charge in [0.25, 0.3) is 0 Å². The number of carbonyl (C=O) groups excluding carboxylic acids is 1. The Kier molecular flexibility index (Phi) is 4.51. The zero-order chi connectivity index (χ0) is 13.9. The number of rotatable bonds is 5. The summed E-state index contributed by atoms with van der Waals surface area (Å²) in [7, 11) is -3.40. The molecule has 1 aromatic rings. The summed E-state index contributed by atoms with van der Waals surface area (Å²) in [5, 5.41) is -1.06. The van der Waals surface area contributed by atoms with Crippen LogP contribution in [0.4, 0.5) is 0 Å². The minimum absolute atomic E-state index is 0.328. The van der Waals surface area contributed by atoms with Crippen LogP contribution < -0.4 is 4.74 Å². The largest absolute Gasteiger partial charge is 0.493 e. The lowest BCUT2D eigenvalue weighted by molar-refractivity contribution is 0.0988. The van der Waals surface area contributed by atoms with Gasteiger partial charge >= 0.3 is 0 Å². The molecular formula is C13H18O4S. The van der Waals surface area contributed by atoms with Gasteiger partial charge in [-0.05, 0) is 32.9 Å². The lowest BCUT2D eigenvalue weighted by Crippen LogP contribution is -2.26. The maximum atomic E-state index is 12.2. The number of ketones is 1. The maximum Gasteiger partial charge on any atom is 0.184 e. The van der Waals surface area contributed by atoms with Gasteiger partial charge in [0.1, 0.15) is 11.0 Å². The molecule has 4 nitrogen and oxygen atoms in total. The van der Waals surface area contributed by atoms with Crippen LogP contribution in [0.3, 0.4) is 0 Å². The fraction of sp³-hybridized carbons (Fsp3) is 0.462. The van der Waals surface area contributed by atoms with Crippen LogP contribution in [-0.2, 0) is 9.84 Å². The Morgan fingerprint density at radius 3 is 2.50 bits per heavy atom. The molecule has 18 heavy (non-hydrogen) atoms. The van der Waals surface area contributed by atoms with Crippen LogP contribution in [0, 0.1) is 6.92 Å². The summed E-state index contributed by atoms with van der Waals surface area (Å²) < 4.78 is 28.2. The molecule has 0 radical (unpaired) electrons. The van der Waals surface area contributed by atoms with Gasteiger partial charge in [0.05, 0.1) is 12.2 Å². The molecule has 0 spiro atoms. The van der Waals surface area contributed by atoms with Gasteiger partial charge in [0.15, 0.2) is 15.6 Å². The third-order valence-corrected chi connectivity index (χ3v) is 4.21. The van der Waals surface area contributed by atoms with Crippen molar-refractivity contribution in [1.29, 1.82) is 0 Å². The number of hydrogen-bond acceptors (Lipinski definition) is 4. The first-order valence-corrected chi connectivity index (χ1v) is 7.69. The van der Waals surface area contributed by atoms with Crippen molar-refractivity contribution in [2.75, 3.05) is 12.9 Å². The highest BCUT2D eigenvalue weighted by atomic mass is 32.2. The summed E-state index contributed by atoms with van der Waals surface area (Å²) >= 11 is 0. The summed E-state index contributed by atoms with van der Waals surface area (Å²) in [5.41, 5.74) is 1.22. The lowest BCUT2D eigenvalue weighted by Gasteiger charge is -2.13. The minimum Gasteiger partial charge on any atom is -0.493 e. The van der Waals surface area contributed by atoms with Crippen molar-refractivity contribution in [3.8, 4) is 5.75 Å². The number of aryl methyl sites for hydroxylation is 1. The molecule has 100 valence electrons. The number of carbonyl (C=O) groups is 1. The van der Waals surface area contributed by atoms with E-state index in [0.29, 0.717) is 17.9 Å². The average molecular weight is 270 g/mol. The van der Waals surface area contributed by atoms with Crippen LogP contribution in [0.25, 0.3) is 0 Å². The summed E-state index contributed by atoms with van der Waals surface area (Å²) in [5.74, 6) is 0.00764. The molecule has 0 fully saturated rings. The Morgan fingerprint density at radius 2 is 2.00 bits per heavy atom. The zero-order valence-corrected chi connectivity index (χ0v) is 11.9. The molecule has 0 saturated carbocycles. The highest BCUT2D eigenvalue weighted by Gasteiger charge is 2.27. The minimum atomic E-state index is -3.40. The van der Waals surface area contributed by atoms with Crippen molar-refractivity contribution >= 4 is 15.6 Å². The number of sulfone groups is 1. The van der Waals surface area contributed by atoms with Gasteiger partial charge in [0.2, 0.25) is 0 Å². The molecule has 0 aromatic heterocycles. The quantitative estimate of drug-likeness (QED) is 0.768. The summed E-state index contributed by atoms with van der Waals surface area (Å²) in [6.07, 6.45) is 1.06. The smallest absolute Gasteiger partial charge is 0.184 e. The van der Waals surface area contributed by atoms with Gasteiger partial charge in [-0.3, -0.25) is 4.79 Å². The standard InChI is InChI=1S/C13H18O4S/c1-5-17-12-7-6-9(2)8-11(12)13(14)10(3)18(4,15)16/h6-8,10H,5H2,1-4H3. The molecule has 1 rings (SSSR count). The molecule has 1 unspecified atom stereocenters. The third-order valence-electron chi connectivity index (χ3n) is 2.71. The summed E-state index contributed by atoms with van der Waals surface area (Å²) in [6, 6.07) is 5.18. The van der Waals surface area contributed by atoms with Crippen molar-refractivity contribution in [2.45, 2.75) is 26.0 Å². The van der Waals surface area contributed by atoms with Crippen LogP contribution in [0.5, 0.6) is 5.75 Å². The van der Waals surface area contributed by atoms with E-state index in [4.69, 9.17) is 4.74 Å². The molecule has 0 N–H and O–H groups in total. The summed E-state index contributed by atoms with van der Waals surface area (Å²) in [6.45, 7) is 5.48. The molecule has 0 heterocycles. The van der Waals surface area contributed by atoms with Crippen molar-refractivity contribution in [3.05, 3.63) is 29.3 Å². The van der Waals surface area contributed by atoms with E-state index in [0.717, 1.165) is 11.8 Å². The number of Topliss-reactive ketones (excluding diaryl/α,β-unsaturated/α-hetero) is 1. The van der Waals surface area contributed by atoms with Crippen molar-refractivity contribution in [2.24, 2.45) is 0 Å². The van der Waals surface area contributed by atoms with Crippen LogP contribution in [0.1, 0.15) is 29.8 Å². The molecule has 0 aliphatic heterocycles. The topological polar surface area (TPSA) is 60.4 Å². The normalized spacial score (nSPS) is 13.1. The Morgan fingerprint density at radius 1 is 1.39 bits per heavy atom. The van der Waals surface area contributed by atoms with E-state index >= 15 is 0 Å². The predicted octanol–water partition coefficient (Wildman–Crippen LogP) is 2.01. The van der Waals surface area contributed by atoms with Gasteiger partial charge in [0, 0.05) is 6.26 Å². The third kappa shape index (κ3) is 3.32. The van der Waals surface area contributed by atoms with E-state index in [1.165, 1.54) is 6.92 Å². The first kappa shape index (κ1) is 14.7. The van der Waals surface area contributed by atoms with Crippen LogP contribution >= 0.6 is 0 Å². The second-order valence-electron chi connectivity index (χ2n) is 4.27. The van der Waals surface area contributed by atoms with E-state index in [1.807, 2.05) is 19.9 Å². The number of benzene rings is 1. The molecule has 1 atom stereocenters. The molecule has 1 aromatic carbocycles. The highest BCUT2D eigenvalue weighted by molar-refractivity contribution is 7.92. The van der Waals surface area contributed by atoms with Crippen molar-refractivity contribution in [3.63, 3.8) is 0 Å². The van der Waals surface area contributed by atoms with E-state index in [9.17, 15) is 13.2 Å². The lowest BCUT2D eigenvalue weighted by atomic mass is 10.0. The van der Waals surface area contributed by atoms with Crippen LogP contribution in [0.2, 0.25) is 0 Å². The van der Waals surface area contributed by atoms with E-state index in [-0.39, 0.29) is 0 Å². The summed E-state index contributed by atoms with van der Waals surface area (Å²) in [4.78, 5) is 12.2. The monoisotopic (exact) mass is 270 g/mol. The molecule has 0 bridgehead atoms. The van der Waals surface area contributed by atoms with Crippen molar-refractivity contribution in [1.82, 2.24) is 0 Å². The molecular weight excluding hydrogens is 252 g/mol. The molecule has 0 aliphatic carbocycles. The second-order valence-corrected chi connectivity index (χ2v) is 6.63. The van der Waals surface area contributed by atoms with Gasteiger partial charge in [-0.25, -0.2) is 8.42 Å². The predicted molar refractivity (Wildman–Crippen MR) is 71.0 cm³/mol. The molecule has 5 heteroatoms. The first-order chi connectivity index (χ1) is 8.27. The highest BCUT2D eigenvalue weighted by Crippen LogP contribution is 2.23. The maximum absolute atomic E-state index is 12.2. The Balaban J connectivity index is 3.23. The molecule has 0 amide bonds. The van der Waals surface area contributed by atoms with E-state index < -0.39 is 20.9 Å². The van der Waals surface area contributed by atoms with Gasteiger partial charge in [-0.1, -0.05) is 11.6 Å². The zero-order valence-electron chi connectivity index (χ0n) is 11.1. The van der Waals surface area contributed by atoms with E-state index in [1.54, 1.807) is 12.1 Å². The first-order valence-electron chi connectivity index (χ1n) is 5.74. The Bertz CT molecular complexity index is 546. The van der Waals surface area contributed by atoms with Gasteiger partial charge in [-0.15, -0.1) is 0 Å². The van der Waals surface area contributed by atoms with Gasteiger partial charge < -0.3 is 4.74 Å². The fourth-order valence-electron chi connectivity index (χ4n) is 1.53. The van der Waals surface area contributed by atoms with Crippen LogP contribution in [0.15, 0.2) is 18.2 Å². The number of hydrogen-bond donors (Lipinski definition) is 0. The SMILES string of the molecule is CCOc1ccc(C)cc1C(=O)C(C)S(C)(=O)=O. The second kappa shape index (κ2) is 5.52. The molecule has 0 saturated heterocycles. The molecule has 0 aliphatic rings. The van der Waals surface area contributed by atoms with E-state index in [2.05, 4.69) is 0 Å². The Hall–Kier alpha value is -1.36.